The predicted octanol–water partition coefficient (Wildman–Crippen LogP) is 3.04. The first-order chi connectivity index (χ1) is 9.11. The van der Waals surface area contributed by atoms with Gasteiger partial charge in [-0.05, 0) is 36.6 Å². The summed E-state index contributed by atoms with van der Waals surface area (Å²) in [6.45, 7) is 1.69. The lowest BCUT2D eigenvalue weighted by atomic mass is 10.1. The molecular formula is C15H16FNO2. The van der Waals surface area contributed by atoms with E-state index in [4.69, 9.17) is 15.6 Å². The topological polar surface area (TPSA) is 55.5 Å². The number of hydrogen-bond donors (Lipinski definition) is 2. The highest BCUT2D eigenvalue weighted by Crippen LogP contribution is 2.31. The Bertz CT molecular complexity index is 584. The highest BCUT2D eigenvalue weighted by Gasteiger charge is 2.09. The van der Waals surface area contributed by atoms with Crippen molar-refractivity contribution in [3.63, 3.8) is 0 Å². The third-order valence-electron chi connectivity index (χ3n) is 2.86. The zero-order valence-corrected chi connectivity index (χ0v) is 10.7. The number of ether oxygens (including phenoxy) is 1. The first-order valence-electron chi connectivity index (χ1n) is 6.04. The summed E-state index contributed by atoms with van der Waals surface area (Å²) in [5.74, 6) is 0.687. The van der Waals surface area contributed by atoms with Crippen molar-refractivity contribution in [1.29, 1.82) is 0 Å². The predicted molar refractivity (Wildman–Crippen MR) is 72.9 cm³/mol. The van der Waals surface area contributed by atoms with Gasteiger partial charge in [-0.2, -0.15) is 0 Å². The van der Waals surface area contributed by atoms with Gasteiger partial charge in [0, 0.05) is 12.7 Å². The quantitative estimate of drug-likeness (QED) is 0.832. The number of nitrogens with two attached hydrogens (primary N) is 1. The van der Waals surface area contributed by atoms with E-state index in [-0.39, 0.29) is 18.1 Å². The largest absolute Gasteiger partial charge is 0.455 e. The molecule has 0 heterocycles. The SMILES string of the molecule is Cc1cc(Oc2ccccc2CCO)c(N)cc1F. The van der Waals surface area contributed by atoms with Crippen LogP contribution in [-0.2, 0) is 6.42 Å². The molecule has 0 aromatic heterocycles. The Morgan fingerprint density at radius 2 is 1.95 bits per heavy atom. The molecule has 2 rings (SSSR count). The number of rotatable bonds is 4. The van der Waals surface area contributed by atoms with Gasteiger partial charge >= 0.3 is 0 Å². The fourth-order valence-electron chi connectivity index (χ4n) is 1.81. The van der Waals surface area contributed by atoms with Crippen LogP contribution in [0.25, 0.3) is 0 Å². The molecule has 0 saturated carbocycles. The molecule has 19 heavy (non-hydrogen) atoms. The summed E-state index contributed by atoms with van der Waals surface area (Å²) in [6.07, 6.45) is 0.496. The van der Waals surface area contributed by atoms with E-state index in [0.29, 0.717) is 23.5 Å². The third kappa shape index (κ3) is 3.03. The maximum atomic E-state index is 13.3. The summed E-state index contributed by atoms with van der Waals surface area (Å²) in [5, 5.41) is 9.02. The Kier molecular flexibility index (Phi) is 4.02. The lowest BCUT2D eigenvalue weighted by Crippen LogP contribution is -1.98. The number of benzene rings is 2. The molecule has 0 saturated heterocycles. The number of anilines is 1. The molecule has 0 unspecified atom stereocenters. The van der Waals surface area contributed by atoms with Gasteiger partial charge in [0.2, 0.25) is 0 Å². The number of aryl methyl sites for hydroxylation is 1. The second-order valence-electron chi connectivity index (χ2n) is 4.32. The third-order valence-corrected chi connectivity index (χ3v) is 2.86. The minimum atomic E-state index is -0.353. The van der Waals surface area contributed by atoms with Crippen LogP contribution in [0, 0.1) is 12.7 Å². The summed E-state index contributed by atoms with van der Waals surface area (Å²) in [5.41, 5.74) is 7.36. The normalized spacial score (nSPS) is 10.5. The Hall–Kier alpha value is -2.07. The molecule has 0 atom stereocenters. The van der Waals surface area contributed by atoms with Gasteiger partial charge in [-0.15, -0.1) is 0 Å². The van der Waals surface area contributed by atoms with Crippen LogP contribution < -0.4 is 10.5 Å². The fourth-order valence-corrected chi connectivity index (χ4v) is 1.81. The maximum absolute atomic E-state index is 13.3. The molecule has 0 radical (unpaired) electrons. The van der Waals surface area contributed by atoms with E-state index < -0.39 is 0 Å². The Labute approximate surface area is 111 Å². The van der Waals surface area contributed by atoms with Gasteiger partial charge in [0.1, 0.15) is 11.6 Å². The zero-order chi connectivity index (χ0) is 13.8. The number of nitrogen functional groups attached to an aromatic ring is 1. The van der Waals surface area contributed by atoms with E-state index >= 15 is 0 Å². The number of aliphatic hydroxyl groups excluding tert-OH is 1. The van der Waals surface area contributed by atoms with Crippen LogP contribution in [0.4, 0.5) is 10.1 Å². The van der Waals surface area contributed by atoms with E-state index in [1.165, 1.54) is 6.07 Å². The second-order valence-corrected chi connectivity index (χ2v) is 4.32. The molecule has 0 aliphatic carbocycles. The van der Waals surface area contributed by atoms with Crippen LogP contribution in [0.2, 0.25) is 0 Å². The van der Waals surface area contributed by atoms with Crippen LogP contribution in [0.3, 0.4) is 0 Å². The molecule has 0 bridgehead atoms. The van der Waals surface area contributed by atoms with E-state index in [1.54, 1.807) is 19.1 Å². The first kappa shape index (κ1) is 13.4. The van der Waals surface area contributed by atoms with Crippen LogP contribution in [-0.4, -0.2) is 11.7 Å². The van der Waals surface area contributed by atoms with E-state index in [2.05, 4.69) is 0 Å². The van der Waals surface area contributed by atoms with Crippen molar-refractivity contribution >= 4 is 5.69 Å². The van der Waals surface area contributed by atoms with Crippen molar-refractivity contribution in [2.24, 2.45) is 0 Å². The summed E-state index contributed by atoms with van der Waals surface area (Å²) < 4.78 is 19.1. The second kappa shape index (κ2) is 5.71. The van der Waals surface area contributed by atoms with Gasteiger partial charge in [-0.1, -0.05) is 18.2 Å². The Morgan fingerprint density at radius 3 is 2.68 bits per heavy atom. The number of aliphatic hydroxyl groups is 1. The fraction of sp³-hybridized carbons (Fsp3) is 0.200. The molecule has 100 valence electrons. The van der Waals surface area contributed by atoms with Gasteiger partial charge in [0.25, 0.3) is 0 Å². The van der Waals surface area contributed by atoms with E-state index in [1.807, 2.05) is 18.2 Å². The van der Waals surface area contributed by atoms with Crippen molar-refractivity contribution < 1.29 is 14.2 Å². The highest BCUT2D eigenvalue weighted by atomic mass is 19.1. The molecule has 3 nitrogen and oxygen atoms in total. The molecule has 3 N–H and O–H groups in total. The van der Waals surface area contributed by atoms with Crippen LogP contribution in [0.15, 0.2) is 36.4 Å². The average molecular weight is 261 g/mol. The number of para-hydroxylation sites is 1. The van der Waals surface area contributed by atoms with Crippen molar-refractivity contribution in [2.45, 2.75) is 13.3 Å². The molecular weight excluding hydrogens is 245 g/mol. The molecule has 0 amide bonds. The summed E-state index contributed by atoms with van der Waals surface area (Å²) >= 11 is 0. The van der Waals surface area contributed by atoms with Crippen LogP contribution in [0.5, 0.6) is 11.5 Å². The molecule has 0 aliphatic rings. The van der Waals surface area contributed by atoms with Gasteiger partial charge in [0.15, 0.2) is 5.75 Å². The molecule has 4 heteroatoms. The zero-order valence-electron chi connectivity index (χ0n) is 10.7. The Balaban J connectivity index is 2.33. The van der Waals surface area contributed by atoms with Gasteiger partial charge in [0.05, 0.1) is 5.69 Å². The van der Waals surface area contributed by atoms with Crippen molar-refractivity contribution in [2.75, 3.05) is 12.3 Å². The van der Waals surface area contributed by atoms with E-state index in [9.17, 15) is 4.39 Å². The van der Waals surface area contributed by atoms with Crippen molar-refractivity contribution in [3.8, 4) is 11.5 Å². The Morgan fingerprint density at radius 1 is 1.21 bits per heavy atom. The average Bonchev–Trinajstić information content (AvgIpc) is 2.38. The molecule has 0 fully saturated rings. The highest BCUT2D eigenvalue weighted by molar-refractivity contribution is 5.56. The summed E-state index contributed by atoms with van der Waals surface area (Å²) in [6, 6.07) is 10.2. The van der Waals surface area contributed by atoms with Crippen molar-refractivity contribution in [1.82, 2.24) is 0 Å². The van der Waals surface area contributed by atoms with E-state index in [0.717, 1.165) is 5.56 Å². The van der Waals surface area contributed by atoms with Crippen LogP contribution in [0.1, 0.15) is 11.1 Å². The van der Waals surface area contributed by atoms with Gasteiger partial charge in [-0.25, -0.2) is 4.39 Å². The lowest BCUT2D eigenvalue weighted by molar-refractivity contribution is 0.298. The molecule has 2 aromatic rings. The van der Waals surface area contributed by atoms with Gasteiger partial charge in [-0.3, -0.25) is 0 Å². The molecule has 0 spiro atoms. The summed E-state index contributed by atoms with van der Waals surface area (Å²) in [7, 11) is 0. The van der Waals surface area contributed by atoms with Crippen molar-refractivity contribution in [3.05, 3.63) is 53.3 Å². The standard InChI is InChI=1S/C15H16FNO2/c1-10-8-15(13(17)9-12(10)16)19-14-5-3-2-4-11(14)6-7-18/h2-5,8-9,18H,6-7,17H2,1H3. The number of halogens is 1. The summed E-state index contributed by atoms with van der Waals surface area (Å²) in [4.78, 5) is 0. The number of hydrogen-bond acceptors (Lipinski definition) is 3. The smallest absolute Gasteiger partial charge is 0.150 e. The minimum absolute atomic E-state index is 0.0400. The molecule has 2 aromatic carbocycles. The lowest BCUT2D eigenvalue weighted by Gasteiger charge is -2.13. The maximum Gasteiger partial charge on any atom is 0.150 e. The van der Waals surface area contributed by atoms with Crippen LogP contribution >= 0.6 is 0 Å². The first-order valence-corrected chi connectivity index (χ1v) is 6.04. The monoisotopic (exact) mass is 261 g/mol. The minimum Gasteiger partial charge on any atom is -0.455 e. The molecule has 0 aliphatic heterocycles. The van der Waals surface area contributed by atoms with Gasteiger partial charge < -0.3 is 15.6 Å².